The summed E-state index contributed by atoms with van der Waals surface area (Å²) < 4.78 is 0. The third-order valence-electron chi connectivity index (χ3n) is 10.9. The average Bonchev–Trinajstić information content (AvgIpc) is 3.11. The molecule has 4 fully saturated rings. The summed E-state index contributed by atoms with van der Waals surface area (Å²) in [6, 6.07) is 0. The van der Waals surface area contributed by atoms with Crippen LogP contribution < -0.4 is 5.32 Å². The molecule has 0 aliphatic heterocycles. The van der Waals surface area contributed by atoms with Gasteiger partial charge < -0.3 is 20.6 Å². The molecule has 188 valence electrons. The van der Waals surface area contributed by atoms with Gasteiger partial charge in [-0.3, -0.25) is 9.59 Å². The quantitative estimate of drug-likeness (QED) is 0.484. The summed E-state index contributed by atoms with van der Waals surface area (Å²) in [5.74, 6) is 1.64. The van der Waals surface area contributed by atoms with Crippen LogP contribution in [0.25, 0.3) is 0 Å². The molecule has 4 N–H and O–H groups in total. The van der Waals surface area contributed by atoms with Gasteiger partial charge in [-0.1, -0.05) is 20.8 Å². The highest BCUT2D eigenvalue weighted by Gasteiger charge is 2.65. The van der Waals surface area contributed by atoms with Gasteiger partial charge in [0.2, 0.25) is 5.91 Å². The molecule has 4 saturated carbocycles. The minimum atomic E-state index is -0.403. The summed E-state index contributed by atoms with van der Waals surface area (Å²) in [6.45, 7) is 8.36. The molecule has 0 aromatic heterocycles. The molecule has 0 aromatic rings. The van der Waals surface area contributed by atoms with Gasteiger partial charge >= 0.3 is 0 Å². The Labute approximate surface area is 198 Å². The fourth-order valence-corrected chi connectivity index (χ4v) is 9.00. The molecule has 0 radical (unpaired) electrons. The van der Waals surface area contributed by atoms with Gasteiger partial charge in [-0.25, -0.2) is 0 Å². The Bertz CT molecular complexity index is 757. The first-order valence-corrected chi connectivity index (χ1v) is 13.3. The molecule has 33 heavy (non-hydrogen) atoms. The molecular weight excluding hydrogens is 418 g/mol. The molecule has 0 unspecified atom stereocenters. The number of aliphatic hydroxyl groups excluding tert-OH is 3. The van der Waals surface area contributed by atoms with Crippen LogP contribution in [0.1, 0.15) is 85.5 Å². The minimum absolute atomic E-state index is 0.0446. The number of carbonyl (C=O) groups excluding carboxylic acids is 2. The van der Waals surface area contributed by atoms with E-state index in [1.165, 1.54) is 6.92 Å². The van der Waals surface area contributed by atoms with E-state index in [-0.39, 0.29) is 47.2 Å². The van der Waals surface area contributed by atoms with E-state index in [0.717, 1.165) is 51.4 Å². The van der Waals surface area contributed by atoms with E-state index in [2.05, 4.69) is 26.1 Å². The third-order valence-corrected chi connectivity index (χ3v) is 10.9. The zero-order valence-electron chi connectivity index (χ0n) is 20.9. The number of aliphatic hydroxyl groups is 3. The van der Waals surface area contributed by atoms with Crippen LogP contribution in [-0.2, 0) is 9.59 Å². The first kappa shape index (κ1) is 25.1. The second-order valence-electron chi connectivity index (χ2n) is 12.5. The number of hydrogen-bond acceptors (Lipinski definition) is 5. The number of rotatable bonds is 6. The number of ketones is 1. The van der Waals surface area contributed by atoms with Gasteiger partial charge in [0, 0.05) is 6.42 Å². The Kier molecular flexibility index (Phi) is 7.03. The van der Waals surface area contributed by atoms with Crippen molar-refractivity contribution in [1.29, 1.82) is 0 Å². The van der Waals surface area contributed by atoms with Crippen LogP contribution in [-0.4, -0.2) is 51.9 Å². The van der Waals surface area contributed by atoms with Gasteiger partial charge in [0.05, 0.1) is 24.9 Å². The maximum absolute atomic E-state index is 12.2. The zero-order chi connectivity index (χ0) is 24.1. The molecule has 0 saturated heterocycles. The molecule has 6 heteroatoms. The summed E-state index contributed by atoms with van der Waals surface area (Å²) in [6.07, 6.45) is 6.29. The zero-order valence-corrected chi connectivity index (χ0v) is 20.9. The summed E-state index contributed by atoms with van der Waals surface area (Å²) in [5, 5.41) is 35.9. The third kappa shape index (κ3) is 4.29. The van der Waals surface area contributed by atoms with Crippen LogP contribution in [0.15, 0.2) is 0 Å². The summed E-state index contributed by atoms with van der Waals surface area (Å²) in [5.41, 5.74) is -0.154. The maximum Gasteiger partial charge on any atom is 0.220 e. The predicted molar refractivity (Wildman–Crippen MR) is 126 cm³/mol. The monoisotopic (exact) mass is 463 g/mol. The topological polar surface area (TPSA) is 107 Å². The highest BCUT2D eigenvalue weighted by atomic mass is 16.3. The molecule has 4 rings (SSSR count). The maximum atomic E-state index is 12.2. The fourth-order valence-electron chi connectivity index (χ4n) is 9.00. The van der Waals surface area contributed by atoms with Gasteiger partial charge in [0.25, 0.3) is 0 Å². The number of amides is 1. The van der Waals surface area contributed by atoms with Crippen molar-refractivity contribution in [2.75, 3.05) is 6.54 Å². The largest absolute Gasteiger partial charge is 0.393 e. The highest BCUT2D eigenvalue weighted by Crippen LogP contribution is 2.68. The van der Waals surface area contributed by atoms with Crippen molar-refractivity contribution in [3.05, 3.63) is 0 Å². The lowest BCUT2D eigenvalue weighted by Gasteiger charge is -2.63. The van der Waals surface area contributed by atoms with Crippen LogP contribution >= 0.6 is 0 Å². The number of fused-ring (bicyclic) bond motifs is 5. The fraction of sp³-hybridized carbons (Fsp3) is 0.926. The van der Waals surface area contributed by atoms with Crippen molar-refractivity contribution < 1.29 is 24.9 Å². The molecule has 11 atom stereocenters. The normalized spacial score (nSPS) is 47.7. The van der Waals surface area contributed by atoms with Crippen molar-refractivity contribution in [1.82, 2.24) is 5.32 Å². The molecule has 1 amide bonds. The molecule has 4 aliphatic rings. The molecule has 4 aliphatic carbocycles. The van der Waals surface area contributed by atoms with Crippen molar-refractivity contribution in [2.45, 2.75) is 104 Å². The van der Waals surface area contributed by atoms with Crippen LogP contribution in [0.3, 0.4) is 0 Å². The minimum Gasteiger partial charge on any atom is -0.393 e. The van der Waals surface area contributed by atoms with E-state index in [4.69, 9.17) is 0 Å². The molecule has 0 bridgehead atoms. The highest BCUT2D eigenvalue weighted by molar-refractivity contribution is 5.84. The van der Waals surface area contributed by atoms with Crippen LogP contribution in [0, 0.1) is 46.3 Å². The van der Waals surface area contributed by atoms with Gasteiger partial charge in [0.15, 0.2) is 0 Å². The number of hydrogen-bond donors (Lipinski definition) is 4. The van der Waals surface area contributed by atoms with Crippen molar-refractivity contribution in [3.8, 4) is 0 Å². The SMILES string of the molecule is CC(=O)CNC(=O)CC[C@@H](C)[C@H]1CC[C@H]2[C@@H]3[C@H](O)C[C@@H]4C[C@H](O)CC[C@]4(C)[C@H]3C[C@H](O)[C@]12C. The Morgan fingerprint density at radius 3 is 2.45 bits per heavy atom. The Balaban J connectivity index is 1.49. The molecule has 0 aromatic carbocycles. The lowest BCUT2D eigenvalue weighted by molar-refractivity contribution is -0.207. The number of nitrogens with one attached hydrogen (secondary N) is 1. The van der Waals surface area contributed by atoms with E-state index < -0.39 is 6.10 Å². The van der Waals surface area contributed by atoms with Crippen molar-refractivity contribution >= 4 is 11.7 Å². The predicted octanol–water partition coefficient (Wildman–Crippen LogP) is 3.07. The molecule has 6 nitrogen and oxygen atoms in total. The Morgan fingerprint density at radius 1 is 1.03 bits per heavy atom. The molecule has 0 spiro atoms. The smallest absolute Gasteiger partial charge is 0.220 e. The second kappa shape index (κ2) is 9.23. The molecular formula is C27H45NO5. The second-order valence-corrected chi connectivity index (χ2v) is 12.5. The lowest BCUT2D eigenvalue weighted by atomic mass is 9.43. The summed E-state index contributed by atoms with van der Waals surface area (Å²) in [7, 11) is 0. The summed E-state index contributed by atoms with van der Waals surface area (Å²) >= 11 is 0. The van der Waals surface area contributed by atoms with Crippen LogP contribution in [0.2, 0.25) is 0 Å². The van der Waals surface area contributed by atoms with E-state index in [0.29, 0.717) is 36.0 Å². The Morgan fingerprint density at radius 2 is 1.76 bits per heavy atom. The Hall–Kier alpha value is -0.980. The van der Waals surface area contributed by atoms with Gasteiger partial charge in [-0.05, 0) is 105 Å². The standard InChI is InChI=1S/C27H45NO5/c1-15(5-8-24(33)28-14-16(2)29)19-6-7-20-25-21(13-23(32)27(19,20)4)26(3)10-9-18(30)11-17(26)12-22(25)31/h15,17-23,25,30-32H,5-14H2,1-4H3,(H,28,33)/t15-,17+,18-,19-,20+,21+,22-,23+,25+,26+,27-/m1/s1. The van der Waals surface area contributed by atoms with Crippen molar-refractivity contribution in [3.63, 3.8) is 0 Å². The average molecular weight is 464 g/mol. The lowest BCUT2D eigenvalue weighted by Crippen LogP contribution is -2.62. The first-order chi connectivity index (χ1) is 15.5. The van der Waals surface area contributed by atoms with Gasteiger partial charge in [0.1, 0.15) is 5.78 Å². The molecule has 0 heterocycles. The van der Waals surface area contributed by atoms with E-state index >= 15 is 0 Å². The summed E-state index contributed by atoms with van der Waals surface area (Å²) in [4.78, 5) is 23.3. The van der Waals surface area contributed by atoms with Crippen LogP contribution in [0.4, 0.5) is 0 Å². The van der Waals surface area contributed by atoms with E-state index in [1.807, 2.05) is 0 Å². The van der Waals surface area contributed by atoms with Crippen LogP contribution in [0.5, 0.6) is 0 Å². The number of Topliss-reactive ketones (excluding diaryl/α,β-unsaturated/α-hetero) is 1. The van der Waals surface area contributed by atoms with Crippen molar-refractivity contribution in [2.24, 2.45) is 46.3 Å². The van der Waals surface area contributed by atoms with E-state index in [1.54, 1.807) is 0 Å². The first-order valence-electron chi connectivity index (χ1n) is 13.3. The number of carbonyl (C=O) groups is 2. The van der Waals surface area contributed by atoms with Gasteiger partial charge in [-0.2, -0.15) is 0 Å². The van der Waals surface area contributed by atoms with Gasteiger partial charge in [-0.15, -0.1) is 0 Å². The van der Waals surface area contributed by atoms with E-state index in [9.17, 15) is 24.9 Å².